The van der Waals surface area contributed by atoms with Crippen molar-refractivity contribution in [1.82, 2.24) is 9.97 Å². The summed E-state index contributed by atoms with van der Waals surface area (Å²) in [6, 6.07) is 15.7. The molecule has 0 saturated carbocycles. The zero-order valence-electron chi connectivity index (χ0n) is 17.6. The summed E-state index contributed by atoms with van der Waals surface area (Å²) < 4.78 is 19.3. The fourth-order valence-electron chi connectivity index (χ4n) is 3.72. The molecule has 0 aliphatic carbocycles. The van der Waals surface area contributed by atoms with Gasteiger partial charge >= 0.3 is 5.97 Å². The van der Waals surface area contributed by atoms with Crippen LogP contribution in [-0.4, -0.2) is 22.5 Å². The van der Waals surface area contributed by atoms with E-state index in [1.807, 2.05) is 30.3 Å². The van der Waals surface area contributed by atoms with Gasteiger partial charge in [-0.3, -0.25) is 4.79 Å². The number of fused-ring (bicyclic) bond motifs is 1. The molecule has 2 N–H and O–H groups in total. The topological polar surface area (TPSA) is 84.1 Å². The minimum absolute atomic E-state index is 0.183. The molecule has 2 aromatic carbocycles. The number of nitrogens with zero attached hydrogens (tertiary/aromatic N) is 1. The van der Waals surface area contributed by atoms with Crippen LogP contribution in [0.2, 0.25) is 0 Å². The SMILES string of the molecule is CCOC(=O)C1=C(C)Nc2nc(SCc3ccccc3)[nH]c(=O)c2C1c1cccc(F)c1. The van der Waals surface area contributed by atoms with Crippen molar-refractivity contribution < 1.29 is 13.9 Å². The number of hydrogen-bond donors (Lipinski definition) is 2. The molecule has 8 heteroatoms. The van der Waals surface area contributed by atoms with E-state index in [2.05, 4.69) is 15.3 Å². The number of halogens is 1. The second kappa shape index (κ2) is 9.40. The predicted octanol–water partition coefficient (Wildman–Crippen LogP) is 4.60. The van der Waals surface area contributed by atoms with Gasteiger partial charge in [0.05, 0.1) is 23.7 Å². The summed E-state index contributed by atoms with van der Waals surface area (Å²) in [5.74, 6) is -0.824. The first-order chi connectivity index (χ1) is 15.5. The van der Waals surface area contributed by atoms with Crippen molar-refractivity contribution >= 4 is 23.5 Å². The molecule has 164 valence electrons. The summed E-state index contributed by atoms with van der Waals surface area (Å²) in [7, 11) is 0. The first-order valence-corrected chi connectivity index (χ1v) is 11.2. The van der Waals surface area contributed by atoms with Gasteiger partial charge in [-0.1, -0.05) is 54.2 Å². The maximum Gasteiger partial charge on any atom is 0.336 e. The van der Waals surface area contributed by atoms with Crippen molar-refractivity contribution in [2.24, 2.45) is 0 Å². The number of aromatic amines is 1. The zero-order chi connectivity index (χ0) is 22.7. The average Bonchev–Trinajstić information content (AvgIpc) is 2.77. The number of aromatic nitrogens is 2. The normalized spacial score (nSPS) is 15.2. The number of thioether (sulfide) groups is 1. The molecule has 1 unspecified atom stereocenters. The van der Waals surface area contributed by atoms with Gasteiger partial charge in [-0.25, -0.2) is 14.2 Å². The van der Waals surface area contributed by atoms with Crippen LogP contribution < -0.4 is 10.9 Å². The predicted molar refractivity (Wildman–Crippen MR) is 122 cm³/mol. The Bertz CT molecular complexity index is 1240. The Labute approximate surface area is 188 Å². The third-order valence-corrected chi connectivity index (χ3v) is 6.06. The van der Waals surface area contributed by atoms with E-state index in [1.165, 1.54) is 23.9 Å². The summed E-state index contributed by atoms with van der Waals surface area (Å²) in [6.07, 6.45) is 0. The Morgan fingerprint density at radius 1 is 1.19 bits per heavy atom. The Morgan fingerprint density at radius 2 is 1.97 bits per heavy atom. The molecule has 1 aliphatic heterocycles. The first kappa shape index (κ1) is 21.8. The lowest BCUT2D eigenvalue weighted by Crippen LogP contribution is -2.31. The highest BCUT2D eigenvalue weighted by atomic mass is 32.2. The van der Waals surface area contributed by atoms with Gasteiger partial charge in [-0.2, -0.15) is 0 Å². The van der Waals surface area contributed by atoms with Gasteiger partial charge in [0.1, 0.15) is 11.6 Å². The molecule has 1 atom stereocenters. The van der Waals surface area contributed by atoms with Gasteiger partial charge in [0, 0.05) is 11.4 Å². The number of nitrogens with one attached hydrogen (secondary N) is 2. The fraction of sp³-hybridized carbons (Fsp3) is 0.208. The number of carbonyl (C=O) groups is 1. The van der Waals surface area contributed by atoms with Gasteiger partial charge in [-0.05, 0) is 37.1 Å². The number of rotatable bonds is 6. The number of esters is 1. The van der Waals surface area contributed by atoms with Gasteiger partial charge in [-0.15, -0.1) is 0 Å². The van der Waals surface area contributed by atoms with Gasteiger partial charge in [0.25, 0.3) is 5.56 Å². The van der Waals surface area contributed by atoms with E-state index >= 15 is 0 Å². The number of ether oxygens (including phenoxy) is 1. The van der Waals surface area contributed by atoms with E-state index < -0.39 is 17.7 Å². The maximum absolute atomic E-state index is 14.0. The molecule has 6 nitrogen and oxygen atoms in total. The Hall–Kier alpha value is -3.39. The van der Waals surface area contributed by atoms with E-state index in [9.17, 15) is 14.0 Å². The number of H-pyrrole nitrogens is 1. The lowest BCUT2D eigenvalue weighted by Gasteiger charge is -2.28. The number of allylic oxidation sites excluding steroid dienone is 1. The molecule has 0 fully saturated rings. The largest absolute Gasteiger partial charge is 0.463 e. The van der Waals surface area contributed by atoms with E-state index in [-0.39, 0.29) is 23.3 Å². The van der Waals surface area contributed by atoms with Crippen molar-refractivity contribution in [3.8, 4) is 0 Å². The first-order valence-electron chi connectivity index (χ1n) is 10.2. The van der Waals surface area contributed by atoms with E-state index in [1.54, 1.807) is 26.0 Å². The molecular weight excluding hydrogens is 429 g/mol. The zero-order valence-corrected chi connectivity index (χ0v) is 18.5. The Balaban J connectivity index is 1.77. The fourth-order valence-corrected chi connectivity index (χ4v) is 4.54. The number of carbonyl (C=O) groups excluding carboxylic acids is 1. The van der Waals surface area contributed by atoms with E-state index in [0.717, 1.165) is 5.56 Å². The van der Waals surface area contributed by atoms with Gasteiger partial charge in [0.15, 0.2) is 5.16 Å². The van der Waals surface area contributed by atoms with Crippen molar-refractivity contribution in [2.75, 3.05) is 11.9 Å². The minimum Gasteiger partial charge on any atom is -0.463 e. The molecule has 3 aromatic rings. The van der Waals surface area contributed by atoms with Crippen LogP contribution in [0, 0.1) is 5.82 Å². The summed E-state index contributed by atoms with van der Waals surface area (Å²) >= 11 is 1.40. The standard InChI is InChI=1S/C24H22FN3O3S/c1-3-31-23(30)18-14(2)26-21-20(19(18)16-10-7-11-17(25)12-16)22(29)28-24(27-21)32-13-15-8-5-4-6-9-15/h4-12,19H,3,13H2,1-2H3,(H2,26,27,28,29). The van der Waals surface area contributed by atoms with E-state index in [4.69, 9.17) is 4.74 Å². The van der Waals surface area contributed by atoms with Crippen LogP contribution in [0.4, 0.5) is 10.2 Å². The quantitative estimate of drug-likeness (QED) is 0.324. The lowest BCUT2D eigenvalue weighted by atomic mass is 9.82. The molecule has 32 heavy (non-hydrogen) atoms. The summed E-state index contributed by atoms with van der Waals surface area (Å²) in [6.45, 7) is 3.61. The van der Waals surface area contributed by atoms with E-state index in [0.29, 0.717) is 28.0 Å². The van der Waals surface area contributed by atoms with Crippen LogP contribution >= 0.6 is 11.8 Å². The minimum atomic E-state index is -0.801. The molecule has 0 amide bonds. The monoisotopic (exact) mass is 451 g/mol. The molecule has 0 saturated heterocycles. The summed E-state index contributed by atoms with van der Waals surface area (Å²) in [4.78, 5) is 33.4. The third-order valence-electron chi connectivity index (χ3n) is 5.12. The highest BCUT2D eigenvalue weighted by molar-refractivity contribution is 7.98. The van der Waals surface area contributed by atoms with Crippen LogP contribution in [0.1, 0.15) is 36.5 Å². The lowest BCUT2D eigenvalue weighted by molar-refractivity contribution is -0.138. The summed E-state index contributed by atoms with van der Waals surface area (Å²) in [5.41, 5.74) is 2.23. The van der Waals surface area contributed by atoms with Crippen LogP contribution in [0.3, 0.4) is 0 Å². The Kier molecular flexibility index (Phi) is 6.41. The van der Waals surface area contributed by atoms with Crippen LogP contribution in [-0.2, 0) is 15.3 Å². The summed E-state index contributed by atoms with van der Waals surface area (Å²) in [5, 5.41) is 3.54. The molecule has 1 aromatic heterocycles. The maximum atomic E-state index is 14.0. The van der Waals surface area contributed by atoms with Crippen LogP contribution in [0.5, 0.6) is 0 Å². The highest BCUT2D eigenvalue weighted by Crippen LogP contribution is 2.40. The third kappa shape index (κ3) is 4.45. The molecule has 0 spiro atoms. The molecular formula is C24H22FN3O3S. The van der Waals surface area contributed by atoms with Crippen molar-refractivity contribution in [3.63, 3.8) is 0 Å². The smallest absolute Gasteiger partial charge is 0.336 e. The molecule has 1 aliphatic rings. The van der Waals surface area contributed by atoms with Gasteiger partial charge < -0.3 is 15.0 Å². The van der Waals surface area contributed by atoms with Crippen molar-refractivity contribution in [2.45, 2.75) is 30.7 Å². The highest BCUT2D eigenvalue weighted by Gasteiger charge is 2.36. The molecule has 4 rings (SSSR count). The van der Waals surface area contributed by atoms with Gasteiger partial charge in [0.2, 0.25) is 0 Å². The number of benzene rings is 2. The number of hydrogen-bond acceptors (Lipinski definition) is 6. The van der Waals surface area contributed by atoms with Crippen molar-refractivity contribution in [1.29, 1.82) is 0 Å². The number of anilines is 1. The second-order valence-corrected chi connectivity index (χ2v) is 8.24. The molecule has 0 bridgehead atoms. The molecule has 2 heterocycles. The Morgan fingerprint density at radius 3 is 2.69 bits per heavy atom. The molecule has 0 radical (unpaired) electrons. The van der Waals surface area contributed by atoms with Crippen LogP contribution in [0.15, 0.2) is 75.8 Å². The average molecular weight is 452 g/mol. The second-order valence-electron chi connectivity index (χ2n) is 7.28. The van der Waals surface area contributed by atoms with Crippen LogP contribution in [0.25, 0.3) is 0 Å². The van der Waals surface area contributed by atoms with Crippen molar-refractivity contribution in [3.05, 3.63) is 98.7 Å².